The van der Waals surface area contributed by atoms with Crippen molar-refractivity contribution in [2.75, 3.05) is 27.4 Å². The van der Waals surface area contributed by atoms with Crippen molar-refractivity contribution < 1.29 is 19.0 Å². The molecule has 0 radical (unpaired) electrons. The normalized spacial score (nSPS) is 22.6. The van der Waals surface area contributed by atoms with Crippen molar-refractivity contribution in [3.63, 3.8) is 0 Å². The van der Waals surface area contributed by atoms with Crippen LogP contribution >= 0.6 is 0 Å². The summed E-state index contributed by atoms with van der Waals surface area (Å²) in [6.45, 7) is 1.40. The Morgan fingerprint density at radius 3 is 2.85 bits per heavy atom. The second-order valence-corrected chi connectivity index (χ2v) is 5.73. The summed E-state index contributed by atoms with van der Waals surface area (Å²) in [5.41, 5.74) is 1.83. The Hall–Kier alpha value is -1.55. The molecular formula is C16H20O4. The van der Waals surface area contributed by atoms with Crippen molar-refractivity contribution in [3.05, 3.63) is 29.3 Å². The lowest BCUT2D eigenvalue weighted by Crippen LogP contribution is -2.26. The van der Waals surface area contributed by atoms with E-state index >= 15 is 0 Å². The molecule has 4 heteroatoms. The quantitative estimate of drug-likeness (QED) is 0.790. The topological polar surface area (TPSA) is 44.8 Å². The van der Waals surface area contributed by atoms with Crippen LogP contribution in [0.5, 0.6) is 5.75 Å². The lowest BCUT2D eigenvalue weighted by Gasteiger charge is -2.26. The number of fused-ring (bicyclic) bond motifs is 1. The van der Waals surface area contributed by atoms with Crippen molar-refractivity contribution in [3.8, 4) is 5.75 Å². The predicted octanol–water partition coefficient (Wildman–Crippen LogP) is 2.09. The fourth-order valence-electron chi connectivity index (χ4n) is 3.03. The number of benzene rings is 1. The van der Waals surface area contributed by atoms with Crippen LogP contribution in [0.1, 0.15) is 24.0 Å². The van der Waals surface area contributed by atoms with Gasteiger partial charge >= 0.3 is 5.97 Å². The first-order valence-corrected chi connectivity index (χ1v) is 7.03. The maximum absolute atomic E-state index is 12.0. The summed E-state index contributed by atoms with van der Waals surface area (Å²) in [7, 11) is 3.17. The maximum Gasteiger partial charge on any atom is 0.316 e. The summed E-state index contributed by atoms with van der Waals surface area (Å²) in [6.07, 6.45) is 2.69. The molecule has 4 nitrogen and oxygen atoms in total. The van der Waals surface area contributed by atoms with Gasteiger partial charge in [-0.1, -0.05) is 12.1 Å². The molecule has 1 aromatic rings. The molecule has 1 fully saturated rings. The molecule has 1 aromatic carbocycles. The molecule has 1 aliphatic heterocycles. The molecule has 20 heavy (non-hydrogen) atoms. The molecule has 0 aromatic heterocycles. The van der Waals surface area contributed by atoms with E-state index in [1.165, 1.54) is 12.7 Å². The first kappa shape index (κ1) is 13.4. The Balaban J connectivity index is 1.86. The van der Waals surface area contributed by atoms with Gasteiger partial charge in [-0.2, -0.15) is 0 Å². The third-order valence-electron chi connectivity index (χ3n) is 4.32. The fourth-order valence-corrected chi connectivity index (χ4v) is 3.03. The lowest BCUT2D eigenvalue weighted by atomic mass is 9.90. The average Bonchev–Trinajstić information content (AvgIpc) is 3.28. The number of rotatable bonds is 4. The van der Waals surface area contributed by atoms with Crippen molar-refractivity contribution in [2.24, 2.45) is 5.92 Å². The highest BCUT2D eigenvalue weighted by Crippen LogP contribution is 2.50. The zero-order chi connectivity index (χ0) is 14.2. The highest BCUT2D eigenvalue weighted by Gasteiger charge is 2.52. The zero-order valence-corrected chi connectivity index (χ0v) is 12.0. The minimum atomic E-state index is -0.405. The molecule has 108 valence electrons. The van der Waals surface area contributed by atoms with E-state index in [2.05, 4.69) is 6.07 Å². The molecule has 0 bridgehead atoms. The number of carbonyl (C=O) groups excluding carboxylic acids is 1. The van der Waals surface area contributed by atoms with Gasteiger partial charge in [0.15, 0.2) is 0 Å². The van der Waals surface area contributed by atoms with E-state index in [0.717, 1.165) is 30.6 Å². The molecule has 1 heterocycles. The Labute approximate surface area is 119 Å². The molecule has 1 unspecified atom stereocenters. The van der Waals surface area contributed by atoms with Gasteiger partial charge in [-0.15, -0.1) is 0 Å². The van der Waals surface area contributed by atoms with Crippen LogP contribution in [-0.2, 0) is 26.1 Å². The molecule has 1 saturated carbocycles. The lowest BCUT2D eigenvalue weighted by molar-refractivity contribution is -0.143. The van der Waals surface area contributed by atoms with Gasteiger partial charge in [0, 0.05) is 13.0 Å². The van der Waals surface area contributed by atoms with E-state index in [4.69, 9.17) is 14.2 Å². The molecule has 1 aliphatic carbocycles. The van der Waals surface area contributed by atoms with Crippen LogP contribution in [0.25, 0.3) is 0 Å². The van der Waals surface area contributed by atoms with E-state index in [0.29, 0.717) is 19.1 Å². The molecule has 1 atom stereocenters. The van der Waals surface area contributed by atoms with E-state index < -0.39 is 5.41 Å². The molecular weight excluding hydrogens is 256 g/mol. The number of ether oxygens (including phenoxy) is 3. The van der Waals surface area contributed by atoms with Crippen LogP contribution in [0.4, 0.5) is 0 Å². The minimum absolute atomic E-state index is 0.123. The van der Waals surface area contributed by atoms with Crippen LogP contribution in [0.2, 0.25) is 0 Å². The summed E-state index contributed by atoms with van der Waals surface area (Å²) >= 11 is 0. The standard InChI is InChI=1S/C16H20O4/c1-18-9-11-7-12-8-13(3-4-14(12)20-10-11)16(5-6-16)15(17)19-2/h3-4,8,11H,5-7,9-10H2,1-2H3. The monoisotopic (exact) mass is 276 g/mol. The van der Waals surface area contributed by atoms with Crippen LogP contribution in [-0.4, -0.2) is 33.4 Å². The molecule has 0 N–H and O–H groups in total. The first-order chi connectivity index (χ1) is 9.69. The number of esters is 1. The number of methoxy groups -OCH3 is 2. The van der Waals surface area contributed by atoms with Gasteiger partial charge in [-0.3, -0.25) is 4.79 Å². The zero-order valence-electron chi connectivity index (χ0n) is 12.0. The van der Waals surface area contributed by atoms with Gasteiger partial charge in [0.05, 0.1) is 25.7 Å². The van der Waals surface area contributed by atoms with Crippen LogP contribution in [0.15, 0.2) is 18.2 Å². The van der Waals surface area contributed by atoms with Gasteiger partial charge in [0.25, 0.3) is 0 Å². The smallest absolute Gasteiger partial charge is 0.316 e. The average molecular weight is 276 g/mol. The van der Waals surface area contributed by atoms with Gasteiger partial charge in [-0.05, 0) is 36.5 Å². The van der Waals surface area contributed by atoms with Gasteiger partial charge < -0.3 is 14.2 Å². The Morgan fingerprint density at radius 2 is 2.20 bits per heavy atom. The van der Waals surface area contributed by atoms with E-state index in [1.54, 1.807) is 7.11 Å². The van der Waals surface area contributed by atoms with Crippen LogP contribution in [0.3, 0.4) is 0 Å². The van der Waals surface area contributed by atoms with Crippen molar-refractivity contribution in [1.29, 1.82) is 0 Å². The van der Waals surface area contributed by atoms with Gasteiger partial charge in [0.2, 0.25) is 0 Å². The largest absolute Gasteiger partial charge is 0.493 e. The first-order valence-electron chi connectivity index (χ1n) is 7.03. The van der Waals surface area contributed by atoms with E-state index in [1.807, 2.05) is 12.1 Å². The highest BCUT2D eigenvalue weighted by atomic mass is 16.5. The second-order valence-electron chi connectivity index (χ2n) is 5.73. The summed E-state index contributed by atoms with van der Waals surface area (Å²) < 4.78 is 15.9. The molecule has 2 aliphatic rings. The third-order valence-corrected chi connectivity index (χ3v) is 4.32. The Kier molecular flexibility index (Phi) is 3.42. The second kappa shape index (κ2) is 5.09. The van der Waals surface area contributed by atoms with Crippen molar-refractivity contribution in [1.82, 2.24) is 0 Å². The number of carbonyl (C=O) groups is 1. The predicted molar refractivity (Wildman–Crippen MR) is 73.9 cm³/mol. The molecule has 3 rings (SSSR count). The van der Waals surface area contributed by atoms with Crippen molar-refractivity contribution in [2.45, 2.75) is 24.7 Å². The third kappa shape index (κ3) is 2.18. The minimum Gasteiger partial charge on any atom is -0.493 e. The number of hydrogen-bond donors (Lipinski definition) is 0. The van der Waals surface area contributed by atoms with Gasteiger partial charge in [0.1, 0.15) is 5.75 Å². The SMILES string of the molecule is COCC1COc2ccc(C3(C(=O)OC)CC3)cc2C1. The fraction of sp³-hybridized carbons (Fsp3) is 0.562. The highest BCUT2D eigenvalue weighted by molar-refractivity contribution is 5.86. The van der Waals surface area contributed by atoms with E-state index in [9.17, 15) is 4.79 Å². The van der Waals surface area contributed by atoms with Crippen LogP contribution < -0.4 is 4.74 Å². The molecule has 0 spiro atoms. The summed E-state index contributed by atoms with van der Waals surface area (Å²) in [5, 5.41) is 0. The summed E-state index contributed by atoms with van der Waals surface area (Å²) in [5.74, 6) is 1.19. The number of hydrogen-bond acceptors (Lipinski definition) is 4. The van der Waals surface area contributed by atoms with E-state index in [-0.39, 0.29) is 5.97 Å². The Bertz CT molecular complexity index is 519. The maximum atomic E-state index is 12.0. The molecule has 0 amide bonds. The summed E-state index contributed by atoms with van der Waals surface area (Å²) in [6, 6.07) is 6.09. The van der Waals surface area contributed by atoms with Gasteiger partial charge in [-0.25, -0.2) is 0 Å². The Morgan fingerprint density at radius 1 is 1.40 bits per heavy atom. The van der Waals surface area contributed by atoms with Crippen LogP contribution in [0, 0.1) is 5.92 Å². The van der Waals surface area contributed by atoms with Crippen molar-refractivity contribution >= 4 is 5.97 Å². The molecule has 0 saturated heterocycles. The summed E-state index contributed by atoms with van der Waals surface area (Å²) in [4.78, 5) is 12.0.